The van der Waals surface area contributed by atoms with E-state index in [4.69, 9.17) is 0 Å². The Morgan fingerprint density at radius 3 is 2.71 bits per heavy atom. The van der Waals surface area contributed by atoms with E-state index in [0.717, 1.165) is 0 Å². The second kappa shape index (κ2) is 6.16. The number of aromatic amines is 1. The van der Waals surface area contributed by atoms with E-state index < -0.39 is 23.2 Å². The largest absolute Gasteiger partial charge is 0.508 e. The average Bonchev–Trinajstić information content (AvgIpc) is 2.56. The minimum atomic E-state index is -0.599. The molecule has 5 nitrogen and oxygen atoms in total. The Bertz CT molecular complexity index is 981. The van der Waals surface area contributed by atoms with E-state index in [1.807, 2.05) is 0 Å². The van der Waals surface area contributed by atoms with Crippen LogP contribution in [0.4, 0.5) is 4.39 Å². The molecule has 0 aliphatic rings. The van der Waals surface area contributed by atoms with Gasteiger partial charge in [0.1, 0.15) is 17.1 Å². The molecule has 0 bridgehead atoms. The van der Waals surface area contributed by atoms with Crippen molar-refractivity contribution in [2.24, 2.45) is 0 Å². The van der Waals surface area contributed by atoms with E-state index in [1.165, 1.54) is 30.5 Å². The van der Waals surface area contributed by atoms with E-state index in [2.05, 4.69) is 10.3 Å². The lowest BCUT2D eigenvalue weighted by molar-refractivity contribution is 0.0938. The molecule has 0 radical (unpaired) electrons. The van der Waals surface area contributed by atoms with Gasteiger partial charge < -0.3 is 15.4 Å². The highest BCUT2D eigenvalue weighted by Crippen LogP contribution is 2.23. The number of H-pyrrole nitrogens is 1. The number of amides is 1. The number of phenols is 1. The van der Waals surface area contributed by atoms with Crippen LogP contribution in [0.5, 0.6) is 5.75 Å². The molecule has 1 aromatic heterocycles. The maximum Gasteiger partial charge on any atom is 0.257 e. The molecule has 6 heteroatoms. The Balaban J connectivity index is 1.94. The smallest absolute Gasteiger partial charge is 0.257 e. The number of halogens is 1. The maximum atomic E-state index is 13.7. The number of aromatic nitrogens is 1. The second-order valence-electron chi connectivity index (χ2n) is 5.45. The Morgan fingerprint density at radius 2 is 1.96 bits per heavy atom. The number of phenolic OH excluding ortho intramolecular Hbond substituents is 1. The topological polar surface area (TPSA) is 82.2 Å². The highest BCUT2D eigenvalue weighted by molar-refractivity contribution is 5.97. The predicted octanol–water partition coefficient (Wildman–Crippen LogP) is 2.86. The van der Waals surface area contributed by atoms with Crippen molar-refractivity contribution in [2.75, 3.05) is 0 Å². The minimum Gasteiger partial charge on any atom is -0.508 e. The molecule has 0 fully saturated rings. The van der Waals surface area contributed by atoms with Crippen molar-refractivity contribution in [3.63, 3.8) is 0 Å². The maximum absolute atomic E-state index is 13.7. The third-order valence-electron chi connectivity index (χ3n) is 3.86. The standard InChI is InChI=1S/C18H15FN2O3/c1-10(11-5-2-3-8-15(11)22)21-18(24)13-9-20-16-12(17(13)23)6-4-7-14(16)19/h2-10,22H,1H3,(H,20,23)(H,21,24). The van der Waals surface area contributed by atoms with Gasteiger partial charge in [-0.1, -0.05) is 24.3 Å². The number of pyridine rings is 1. The summed E-state index contributed by atoms with van der Waals surface area (Å²) in [5, 5.41) is 12.6. The summed E-state index contributed by atoms with van der Waals surface area (Å²) in [5.74, 6) is -1.10. The van der Waals surface area contributed by atoms with Crippen LogP contribution in [0.15, 0.2) is 53.5 Å². The molecule has 3 aromatic rings. The van der Waals surface area contributed by atoms with E-state index >= 15 is 0 Å². The van der Waals surface area contributed by atoms with Crippen molar-refractivity contribution < 1.29 is 14.3 Å². The van der Waals surface area contributed by atoms with Crippen LogP contribution in [0.3, 0.4) is 0 Å². The van der Waals surface area contributed by atoms with Crippen LogP contribution in [0.2, 0.25) is 0 Å². The van der Waals surface area contributed by atoms with Gasteiger partial charge in [0.2, 0.25) is 5.43 Å². The van der Waals surface area contributed by atoms with E-state index in [9.17, 15) is 19.1 Å². The SMILES string of the molecule is CC(NC(=O)c1c[nH]c2c(F)cccc2c1=O)c1ccccc1O. The lowest BCUT2D eigenvalue weighted by atomic mass is 10.1. The zero-order chi connectivity index (χ0) is 17.3. The Hall–Kier alpha value is -3.15. The molecule has 0 spiro atoms. The van der Waals surface area contributed by atoms with Gasteiger partial charge in [0.25, 0.3) is 5.91 Å². The molecule has 1 unspecified atom stereocenters. The number of aromatic hydroxyl groups is 1. The molecule has 1 atom stereocenters. The molecule has 2 aromatic carbocycles. The number of para-hydroxylation sites is 2. The molecule has 0 aliphatic heterocycles. The number of hydrogen-bond acceptors (Lipinski definition) is 3. The molecule has 122 valence electrons. The molecular formula is C18H15FN2O3. The summed E-state index contributed by atoms with van der Waals surface area (Å²) in [7, 11) is 0. The third kappa shape index (κ3) is 2.74. The van der Waals surface area contributed by atoms with Gasteiger partial charge in [0, 0.05) is 17.1 Å². The zero-order valence-corrected chi connectivity index (χ0v) is 12.8. The average molecular weight is 326 g/mol. The monoisotopic (exact) mass is 326 g/mol. The number of rotatable bonds is 3. The first-order chi connectivity index (χ1) is 11.5. The fourth-order valence-corrected chi connectivity index (χ4v) is 2.59. The lowest BCUT2D eigenvalue weighted by Crippen LogP contribution is -2.31. The van der Waals surface area contributed by atoms with Crippen molar-refractivity contribution in [2.45, 2.75) is 13.0 Å². The first-order valence-electron chi connectivity index (χ1n) is 7.37. The van der Waals surface area contributed by atoms with Crippen LogP contribution >= 0.6 is 0 Å². The van der Waals surface area contributed by atoms with Crippen molar-refractivity contribution in [3.05, 3.63) is 75.8 Å². The van der Waals surface area contributed by atoms with Gasteiger partial charge in [0.15, 0.2) is 0 Å². The molecule has 1 amide bonds. The van der Waals surface area contributed by atoms with Crippen molar-refractivity contribution in [1.29, 1.82) is 0 Å². The van der Waals surface area contributed by atoms with Gasteiger partial charge in [-0.05, 0) is 25.1 Å². The molecule has 24 heavy (non-hydrogen) atoms. The molecule has 0 aliphatic carbocycles. The molecule has 0 saturated heterocycles. The van der Waals surface area contributed by atoms with Crippen molar-refractivity contribution in [3.8, 4) is 5.75 Å². The van der Waals surface area contributed by atoms with Crippen LogP contribution in [-0.4, -0.2) is 16.0 Å². The van der Waals surface area contributed by atoms with Gasteiger partial charge in [-0.15, -0.1) is 0 Å². The van der Waals surface area contributed by atoms with Gasteiger partial charge in [-0.25, -0.2) is 4.39 Å². The summed E-state index contributed by atoms with van der Waals surface area (Å²) in [4.78, 5) is 27.4. The van der Waals surface area contributed by atoms with Gasteiger partial charge >= 0.3 is 0 Å². The van der Waals surface area contributed by atoms with E-state index in [1.54, 1.807) is 25.1 Å². The highest BCUT2D eigenvalue weighted by atomic mass is 19.1. The number of fused-ring (bicyclic) bond motifs is 1. The predicted molar refractivity (Wildman–Crippen MR) is 88.5 cm³/mol. The Kier molecular flexibility index (Phi) is 4.04. The van der Waals surface area contributed by atoms with Crippen molar-refractivity contribution >= 4 is 16.8 Å². The quantitative estimate of drug-likeness (QED) is 0.692. The number of nitrogens with one attached hydrogen (secondary N) is 2. The minimum absolute atomic E-state index is 0.0554. The highest BCUT2D eigenvalue weighted by Gasteiger charge is 2.18. The van der Waals surface area contributed by atoms with E-state index in [-0.39, 0.29) is 22.2 Å². The molecule has 1 heterocycles. The number of carbonyl (C=O) groups is 1. The van der Waals surface area contributed by atoms with Crippen LogP contribution in [0.25, 0.3) is 10.9 Å². The summed E-state index contributed by atoms with van der Waals surface area (Å²) in [6.07, 6.45) is 1.20. The zero-order valence-electron chi connectivity index (χ0n) is 12.8. The molecule has 0 saturated carbocycles. The van der Waals surface area contributed by atoms with Crippen LogP contribution < -0.4 is 10.7 Å². The van der Waals surface area contributed by atoms with E-state index in [0.29, 0.717) is 5.56 Å². The summed E-state index contributed by atoms with van der Waals surface area (Å²) in [5.41, 5.74) is -0.0671. The van der Waals surface area contributed by atoms with Gasteiger partial charge in [-0.3, -0.25) is 9.59 Å². The number of benzene rings is 2. The summed E-state index contributed by atoms with van der Waals surface area (Å²) in [6, 6.07) is 10.2. The summed E-state index contributed by atoms with van der Waals surface area (Å²) in [6.45, 7) is 1.70. The van der Waals surface area contributed by atoms with Gasteiger partial charge in [0.05, 0.1) is 11.6 Å². The van der Waals surface area contributed by atoms with Crippen LogP contribution in [0, 0.1) is 5.82 Å². The normalized spacial score (nSPS) is 12.1. The number of carbonyl (C=O) groups excluding carboxylic acids is 1. The fraction of sp³-hybridized carbons (Fsp3) is 0.111. The summed E-state index contributed by atoms with van der Waals surface area (Å²) >= 11 is 0. The molecular weight excluding hydrogens is 311 g/mol. The Labute approximate surface area is 136 Å². The Morgan fingerprint density at radius 1 is 1.21 bits per heavy atom. The van der Waals surface area contributed by atoms with Crippen LogP contribution in [-0.2, 0) is 0 Å². The third-order valence-corrected chi connectivity index (χ3v) is 3.86. The molecule has 3 N–H and O–H groups in total. The number of hydrogen-bond donors (Lipinski definition) is 3. The summed E-state index contributed by atoms with van der Waals surface area (Å²) < 4.78 is 13.7. The molecule has 3 rings (SSSR count). The fourth-order valence-electron chi connectivity index (χ4n) is 2.59. The first kappa shape index (κ1) is 15.7. The second-order valence-corrected chi connectivity index (χ2v) is 5.45. The van der Waals surface area contributed by atoms with Crippen molar-refractivity contribution in [1.82, 2.24) is 10.3 Å². The first-order valence-corrected chi connectivity index (χ1v) is 7.37. The van der Waals surface area contributed by atoms with Gasteiger partial charge in [-0.2, -0.15) is 0 Å². The lowest BCUT2D eigenvalue weighted by Gasteiger charge is -2.15. The van der Waals surface area contributed by atoms with Crippen LogP contribution in [0.1, 0.15) is 28.9 Å².